The van der Waals surface area contributed by atoms with E-state index in [-0.39, 0.29) is 24.7 Å². The first kappa shape index (κ1) is 17.0. The Bertz CT molecular complexity index is 576. The van der Waals surface area contributed by atoms with Gasteiger partial charge in [-0.1, -0.05) is 0 Å². The van der Waals surface area contributed by atoms with Crippen molar-refractivity contribution in [3.8, 4) is 0 Å². The first-order valence-corrected chi connectivity index (χ1v) is 7.51. The fraction of sp³-hybridized carbons (Fsp3) is 0.500. The second-order valence-corrected chi connectivity index (χ2v) is 6.49. The smallest absolute Gasteiger partial charge is 0.243 e. The van der Waals surface area contributed by atoms with Crippen LogP contribution in [0.1, 0.15) is 12.5 Å². The van der Waals surface area contributed by atoms with E-state index in [9.17, 15) is 17.2 Å². The fourth-order valence-corrected chi connectivity index (χ4v) is 2.68. The normalized spacial score (nSPS) is 13.8. The van der Waals surface area contributed by atoms with Crippen LogP contribution in [-0.2, 0) is 16.6 Å². The monoisotopic (exact) mass is 307 g/mol. The van der Waals surface area contributed by atoms with Gasteiger partial charge in [-0.2, -0.15) is 0 Å². The highest BCUT2D eigenvalue weighted by Gasteiger charge is 2.23. The molecule has 0 radical (unpaired) electrons. The van der Waals surface area contributed by atoms with Crippen LogP contribution in [0, 0.1) is 11.6 Å². The molecule has 3 N–H and O–H groups in total. The molecule has 1 atom stereocenters. The Labute approximate surface area is 117 Å². The Hall–Kier alpha value is -1.09. The van der Waals surface area contributed by atoms with Crippen LogP contribution in [0.2, 0.25) is 0 Å². The average molecular weight is 307 g/mol. The van der Waals surface area contributed by atoms with Gasteiger partial charge in [-0.15, -0.1) is 0 Å². The molecule has 1 aromatic carbocycles. The summed E-state index contributed by atoms with van der Waals surface area (Å²) >= 11 is 0. The maximum Gasteiger partial charge on any atom is 0.243 e. The molecule has 8 heteroatoms. The molecule has 114 valence electrons. The quantitative estimate of drug-likeness (QED) is 0.809. The topological polar surface area (TPSA) is 75.4 Å². The first-order valence-electron chi connectivity index (χ1n) is 6.03. The summed E-state index contributed by atoms with van der Waals surface area (Å²) in [6.45, 7) is 1.81. The molecule has 0 spiro atoms. The molecule has 0 aliphatic rings. The van der Waals surface area contributed by atoms with Crippen molar-refractivity contribution in [2.45, 2.75) is 24.4 Å². The molecule has 0 bridgehead atoms. The molecule has 1 rings (SSSR count). The molecule has 5 nitrogen and oxygen atoms in total. The van der Waals surface area contributed by atoms with Gasteiger partial charge in [-0.25, -0.2) is 21.9 Å². The zero-order valence-corrected chi connectivity index (χ0v) is 12.5. The highest BCUT2D eigenvalue weighted by molar-refractivity contribution is 7.89. The van der Waals surface area contributed by atoms with Crippen molar-refractivity contribution in [2.75, 3.05) is 20.6 Å². The van der Waals surface area contributed by atoms with Gasteiger partial charge < -0.3 is 10.6 Å². The molecule has 1 unspecified atom stereocenters. The molecule has 20 heavy (non-hydrogen) atoms. The molecule has 0 saturated carbocycles. The van der Waals surface area contributed by atoms with E-state index < -0.39 is 26.6 Å². The van der Waals surface area contributed by atoms with Crippen LogP contribution >= 0.6 is 0 Å². The van der Waals surface area contributed by atoms with E-state index in [1.807, 2.05) is 0 Å². The zero-order valence-electron chi connectivity index (χ0n) is 11.7. The van der Waals surface area contributed by atoms with Gasteiger partial charge in [0.1, 0.15) is 4.90 Å². The van der Waals surface area contributed by atoms with Gasteiger partial charge in [0.05, 0.1) is 0 Å². The summed E-state index contributed by atoms with van der Waals surface area (Å²) in [5.41, 5.74) is 5.54. The molecular weight excluding hydrogens is 288 g/mol. The van der Waals surface area contributed by atoms with Crippen LogP contribution in [0.4, 0.5) is 8.78 Å². The first-order chi connectivity index (χ1) is 9.19. The van der Waals surface area contributed by atoms with Crippen molar-refractivity contribution in [3.05, 3.63) is 29.3 Å². The van der Waals surface area contributed by atoms with E-state index in [0.717, 1.165) is 12.1 Å². The number of halogens is 2. The Morgan fingerprint density at radius 2 is 1.95 bits per heavy atom. The van der Waals surface area contributed by atoms with Crippen LogP contribution in [0.5, 0.6) is 0 Å². The number of nitrogens with zero attached hydrogens (tertiary/aromatic N) is 1. The highest BCUT2D eigenvalue weighted by Crippen LogP contribution is 2.19. The van der Waals surface area contributed by atoms with E-state index in [1.54, 1.807) is 25.9 Å². The average Bonchev–Trinajstić information content (AvgIpc) is 2.38. The molecule has 0 fully saturated rings. The van der Waals surface area contributed by atoms with Gasteiger partial charge in [-0.3, -0.25) is 0 Å². The van der Waals surface area contributed by atoms with Crippen LogP contribution in [0.15, 0.2) is 17.0 Å². The number of hydrogen-bond acceptors (Lipinski definition) is 4. The van der Waals surface area contributed by atoms with E-state index in [1.165, 1.54) is 0 Å². The lowest BCUT2D eigenvalue weighted by atomic mass is 10.2. The summed E-state index contributed by atoms with van der Waals surface area (Å²) in [6.07, 6.45) is 0. The number of benzene rings is 1. The minimum absolute atomic E-state index is 0.0756. The summed E-state index contributed by atoms with van der Waals surface area (Å²) in [4.78, 5) is 1.08. The van der Waals surface area contributed by atoms with Crippen LogP contribution in [0.3, 0.4) is 0 Å². The Morgan fingerprint density at radius 1 is 1.35 bits per heavy atom. The van der Waals surface area contributed by atoms with Gasteiger partial charge in [-0.05, 0) is 38.7 Å². The third-order valence-electron chi connectivity index (χ3n) is 3.03. The summed E-state index contributed by atoms with van der Waals surface area (Å²) in [5.74, 6) is -2.62. The number of nitrogens with one attached hydrogen (secondary N) is 1. The molecule has 0 amide bonds. The number of nitrogens with two attached hydrogens (primary N) is 1. The minimum Gasteiger partial charge on any atom is -0.326 e. The fourth-order valence-electron chi connectivity index (χ4n) is 1.42. The number of likely N-dealkylation sites (N-methyl/N-ethyl adjacent to an activating group) is 1. The van der Waals surface area contributed by atoms with Crippen molar-refractivity contribution in [2.24, 2.45) is 5.73 Å². The predicted octanol–water partition coefficient (Wildman–Crippen LogP) is 0.652. The summed E-state index contributed by atoms with van der Waals surface area (Å²) < 4.78 is 53.3. The highest BCUT2D eigenvalue weighted by atomic mass is 32.2. The number of sulfonamides is 1. The van der Waals surface area contributed by atoms with Crippen molar-refractivity contribution in [1.82, 2.24) is 9.62 Å². The van der Waals surface area contributed by atoms with Crippen molar-refractivity contribution in [3.63, 3.8) is 0 Å². The third kappa shape index (κ3) is 3.95. The van der Waals surface area contributed by atoms with Gasteiger partial charge in [0, 0.05) is 19.1 Å². The maximum atomic E-state index is 13.7. The van der Waals surface area contributed by atoms with Crippen LogP contribution < -0.4 is 10.5 Å². The van der Waals surface area contributed by atoms with Gasteiger partial charge in [0.15, 0.2) is 11.6 Å². The largest absolute Gasteiger partial charge is 0.326 e. The second-order valence-electron chi connectivity index (χ2n) is 4.76. The van der Waals surface area contributed by atoms with E-state index in [0.29, 0.717) is 0 Å². The summed E-state index contributed by atoms with van der Waals surface area (Å²) in [7, 11) is -0.550. The molecular formula is C12H19F2N3O2S. The zero-order chi connectivity index (χ0) is 15.5. The maximum absolute atomic E-state index is 13.7. The van der Waals surface area contributed by atoms with Gasteiger partial charge >= 0.3 is 0 Å². The molecule has 1 aromatic rings. The lowest BCUT2D eigenvalue weighted by Crippen LogP contribution is -2.38. The third-order valence-corrected chi connectivity index (χ3v) is 4.45. The Morgan fingerprint density at radius 3 is 2.45 bits per heavy atom. The predicted molar refractivity (Wildman–Crippen MR) is 72.6 cm³/mol. The lowest BCUT2D eigenvalue weighted by Gasteiger charge is -2.20. The van der Waals surface area contributed by atoms with Crippen molar-refractivity contribution < 1.29 is 17.2 Å². The van der Waals surface area contributed by atoms with Crippen LogP contribution in [0.25, 0.3) is 0 Å². The molecule has 0 saturated heterocycles. The molecule has 0 heterocycles. The van der Waals surface area contributed by atoms with E-state index in [4.69, 9.17) is 5.73 Å². The van der Waals surface area contributed by atoms with E-state index in [2.05, 4.69) is 4.72 Å². The molecule has 0 aliphatic heterocycles. The Kier molecular flexibility index (Phi) is 5.58. The second kappa shape index (κ2) is 6.57. The summed E-state index contributed by atoms with van der Waals surface area (Å²) in [6, 6.07) is 1.84. The Balaban J connectivity index is 3.06. The number of rotatable bonds is 6. The lowest BCUT2D eigenvalue weighted by molar-refractivity contribution is 0.313. The summed E-state index contributed by atoms with van der Waals surface area (Å²) in [5, 5.41) is 0. The SMILES string of the molecule is CC(CNS(=O)(=O)c1cc(CN)cc(F)c1F)N(C)C. The van der Waals surface area contributed by atoms with Crippen LogP contribution in [-0.4, -0.2) is 40.0 Å². The standard InChI is InChI=1S/C12H19F2N3O2S/c1-8(17(2)3)7-16-20(18,19)11-5-9(6-15)4-10(13)12(11)14/h4-5,8,16H,6-7,15H2,1-3H3. The van der Waals surface area contributed by atoms with E-state index >= 15 is 0 Å². The minimum atomic E-state index is -4.12. The van der Waals surface area contributed by atoms with Crippen molar-refractivity contribution >= 4 is 10.0 Å². The molecule has 0 aliphatic carbocycles. The number of hydrogen-bond donors (Lipinski definition) is 2. The molecule has 0 aromatic heterocycles. The van der Waals surface area contributed by atoms with Gasteiger partial charge in [0.25, 0.3) is 0 Å². The van der Waals surface area contributed by atoms with Crippen molar-refractivity contribution in [1.29, 1.82) is 0 Å². The van der Waals surface area contributed by atoms with Gasteiger partial charge in [0.2, 0.25) is 10.0 Å².